The molecule has 0 bridgehead atoms. The van der Waals surface area contributed by atoms with Crippen LogP contribution in [0.1, 0.15) is 24.3 Å². The molecule has 0 radical (unpaired) electrons. The molecule has 0 atom stereocenters. The van der Waals surface area contributed by atoms with Crippen LogP contribution in [0.4, 0.5) is 4.39 Å². The van der Waals surface area contributed by atoms with E-state index in [1.165, 1.54) is 18.3 Å². The van der Waals surface area contributed by atoms with Gasteiger partial charge in [0.05, 0.1) is 24.7 Å². The van der Waals surface area contributed by atoms with E-state index in [2.05, 4.69) is 4.98 Å². The van der Waals surface area contributed by atoms with E-state index in [1.54, 1.807) is 27.9 Å². The molecule has 1 aliphatic heterocycles. The Morgan fingerprint density at radius 3 is 2.73 bits per heavy atom. The Kier molecular flexibility index (Phi) is 3.70. The van der Waals surface area contributed by atoms with Crippen LogP contribution in [0, 0.1) is 5.82 Å². The molecule has 0 spiro atoms. The number of aromatic nitrogens is 2. The fourth-order valence-corrected chi connectivity index (χ4v) is 2.61. The van der Waals surface area contributed by atoms with E-state index in [-0.39, 0.29) is 17.3 Å². The van der Waals surface area contributed by atoms with Gasteiger partial charge in [-0.05, 0) is 38.1 Å². The summed E-state index contributed by atoms with van der Waals surface area (Å²) < 4.78 is 20.4. The maximum atomic E-state index is 13.0. The van der Waals surface area contributed by atoms with E-state index in [0.29, 0.717) is 31.1 Å². The lowest BCUT2D eigenvalue weighted by molar-refractivity contribution is -0.0765. The number of imidazole rings is 1. The van der Waals surface area contributed by atoms with Crippen LogP contribution in [-0.2, 0) is 4.74 Å². The SMILES string of the molecule is CC1(C)CN(C(=O)c2cncn2-c2ccc(F)cc2)CCO1. The molecule has 116 valence electrons. The molecule has 5 nitrogen and oxygen atoms in total. The first-order chi connectivity index (χ1) is 10.5. The normalized spacial score (nSPS) is 17.5. The van der Waals surface area contributed by atoms with Crippen LogP contribution in [0.5, 0.6) is 0 Å². The average Bonchev–Trinajstić information content (AvgIpc) is 2.95. The molecule has 1 fully saturated rings. The molecular formula is C16H18FN3O2. The van der Waals surface area contributed by atoms with Crippen molar-refractivity contribution in [2.45, 2.75) is 19.4 Å². The average molecular weight is 303 g/mol. The van der Waals surface area contributed by atoms with Gasteiger partial charge in [0.25, 0.3) is 5.91 Å². The maximum Gasteiger partial charge on any atom is 0.272 e. The minimum Gasteiger partial charge on any atom is -0.372 e. The summed E-state index contributed by atoms with van der Waals surface area (Å²) in [5, 5.41) is 0. The second-order valence-corrected chi connectivity index (χ2v) is 5.96. The standard InChI is InChI=1S/C16H18FN3O2/c1-16(2)10-19(7-8-22-16)15(21)14-9-18-11-20(14)13-5-3-12(17)4-6-13/h3-6,9,11H,7-8,10H2,1-2H3. The van der Waals surface area contributed by atoms with Crippen LogP contribution in [-0.4, -0.2) is 45.7 Å². The Labute approximate surface area is 128 Å². The van der Waals surface area contributed by atoms with Gasteiger partial charge >= 0.3 is 0 Å². The third kappa shape index (κ3) is 2.87. The molecule has 2 heterocycles. The molecule has 0 saturated carbocycles. The largest absolute Gasteiger partial charge is 0.372 e. The van der Waals surface area contributed by atoms with Crippen LogP contribution >= 0.6 is 0 Å². The number of carbonyl (C=O) groups is 1. The summed E-state index contributed by atoms with van der Waals surface area (Å²) in [6.07, 6.45) is 3.10. The van der Waals surface area contributed by atoms with Gasteiger partial charge in [0, 0.05) is 18.8 Å². The number of ether oxygens (including phenoxy) is 1. The molecule has 6 heteroatoms. The van der Waals surface area contributed by atoms with Gasteiger partial charge in [-0.3, -0.25) is 9.36 Å². The maximum absolute atomic E-state index is 13.0. The fraction of sp³-hybridized carbons (Fsp3) is 0.375. The molecular weight excluding hydrogens is 285 g/mol. The summed E-state index contributed by atoms with van der Waals surface area (Å²) in [6.45, 7) is 5.52. The first-order valence-electron chi connectivity index (χ1n) is 7.18. The van der Waals surface area contributed by atoms with Crippen molar-refractivity contribution in [2.24, 2.45) is 0 Å². The Morgan fingerprint density at radius 1 is 1.32 bits per heavy atom. The van der Waals surface area contributed by atoms with Crippen molar-refractivity contribution in [3.8, 4) is 5.69 Å². The zero-order valence-corrected chi connectivity index (χ0v) is 12.6. The molecule has 1 aromatic heterocycles. The number of carbonyl (C=O) groups excluding carboxylic acids is 1. The highest BCUT2D eigenvalue weighted by Gasteiger charge is 2.31. The highest BCUT2D eigenvalue weighted by atomic mass is 19.1. The van der Waals surface area contributed by atoms with Crippen molar-refractivity contribution in [2.75, 3.05) is 19.7 Å². The summed E-state index contributed by atoms with van der Waals surface area (Å²) in [7, 11) is 0. The third-order valence-corrected chi connectivity index (χ3v) is 3.68. The monoisotopic (exact) mass is 303 g/mol. The highest BCUT2D eigenvalue weighted by Crippen LogP contribution is 2.20. The summed E-state index contributed by atoms with van der Waals surface area (Å²) in [5.41, 5.74) is 0.813. The van der Waals surface area contributed by atoms with Crippen molar-refractivity contribution >= 4 is 5.91 Å². The first kappa shape index (κ1) is 14.7. The van der Waals surface area contributed by atoms with Crippen LogP contribution in [0.3, 0.4) is 0 Å². The van der Waals surface area contributed by atoms with Crippen LogP contribution < -0.4 is 0 Å². The van der Waals surface area contributed by atoms with Gasteiger partial charge in [-0.15, -0.1) is 0 Å². The Bertz CT molecular complexity index is 679. The number of hydrogen-bond donors (Lipinski definition) is 0. The zero-order valence-electron chi connectivity index (χ0n) is 12.6. The number of benzene rings is 1. The van der Waals surface area contributed by atoms with Gasteiger partial charge in [-0.25, -0.2) is 9.37 Å². The molecule has 0 unspecified atom stereocenters. The second kappa shape index (κ2) is 5.53. The number of hydrogen-bond acceptors (Lipinski definition) is 3. The molecule has 1 aliphatic rings. The Balaban J connectivity index is 1.88. The summed E-state index contributed by atoms with van der Waals surface area (Å²) in [4.78, 5) is 18.6. The summed E-state index contributed by atoms with van der Waals surface area (Å²) >= 11 is 0. The van der Waals surface area contributed by atoms with E-state index >= 15 is 0 Å². The van der Waals surface area contributed by atoms with Gasteiger partial charge in [-0.2, -0.15) is 0 Å². The third-order valence-electron chi connectivity index (χ3n) is 3.68. The predicted molar refractivity (Wildman–Crippen MR) is 79.5 cm³/mol. The van der Waals surface area contributed by atoms with Crippen molar-refractivity contribution in [1.29, 1.82) is 0 Å². The smallest absolute Gasteiger partial charge is 0.272 e. The Morgan fingerprint density at radius 2 is 2.05 bits per heavy atom. The van der Waals surface area contributed by atoms with E-state index in [9.17, 15) is 9.18 Å². The van der Waals surface area contributed by atoms with Gasteiger partial charge in [0.1, 0.15) is 11.5 Å². The van der Waals surface area contributed by atoms with Crippen molar-refractivity contribution in [1.82, 2.24) is 14.5 Å². The number of amides is 1. The van der Waals surface area contributed by atoms with E-state index < -0.39 is 0 Å². The molecule has 2 aromatic rings. The van der Waals surface area contributed by atoms with E-state index in [1.807, 2.05) is 13.8 Å². The van der Waals surface area contributed by atoms with E-state index in [4.69, 9.17) is 4.74 Å². The molecule has 3 rings (SSSR count). The molecule has 1 saturated heterocycles. The topological polar surface area (TPSA) is 47.4 Å². The Hall–Kier alpha value is -2.21. The van der Waals surface area contributed by atoms with Crippen molar-refractivity contribution in [3.05, 3.63) is 48.3 Å². The molecule has 22 heavy (non-hydrogen) atoms. The number of halogens is 1. The number of nitrogens with zero attached hydrogens (tertiary/aromatic N) is 3. The van der Waals surface area contributed by atoms with Gasteiger partial charge in [-0.1, -0.05) is 0 Å². The first-order valence-corrected chi connectivity index (χ1v) is 7.18. The minimum absolute atomic E-state index is 0.0989. The van der Waals surface area contributed by atoms with Crippen LogP contribution in [0.25, 0.3) is 5.69 Å². The van der Waals surface area contributed by atoms with Gasteiger partial charge in [0.15, 0.2) is 0 Å². The van der Waals surface area contributed by atoms with Crippen LogP contribution in [0.2, 0.25) is 0 Å². The summed E-state index contributed by atoms with van der Waals surface area (Å²) in [5.74, 6) is -0.412. The molecule has 1 amide bonds. The zero-order chi connectivity index (χ0) is 15.7. The molecule has 1 aromatic carbocycles. The van der Waals surface area contributed by atoms with E-state index in [0.717, 1.165) is 0 Å². The lowest BCUT2D eigenvalue weighted by Crippen LogP contribution is -2.50. The highest BCUT2D eigenvalue weighted by molar-refractivity contribution is 5.93. The summed E-state index contributed by atoms with van der Waals surface area (Å²) in [6, 6.07) is 5.97. The van der Waals surface area contributed by atoms with Crippen LogP contribution in [0.15, 0.2) is 36.8 Å². The lowest BCUT2D eigenvalue weighted by atomic mass is 10.1. The lowest BCUT2D eigenvalue weighted by Gasteiger charge is -2.38. The second-order valence-electron chi connectivity index (χ2n) is 5.96. The number of rotatable bonds is 2. The molecule has 0 N–H and O–H groups in total. The molecule has 0 aliphatic carbocycles. The fourth-order valence-electron chi connectivity index (χ4n) is 2.61. The minimum atomic E-state index is -0.353. The number of morpholine rings is 1. The van der Waals surface area contributed by atoms with Gasteiger partial charge in [0.2, 0.25) is 0 Å². The van der Waals surface area contributed by atoms with Crippen molar-refractivity contribution in [3.63, 3.8) is 0 Å². The quantitative estimate of drug-likeness (QED) is 0.855. The van der Waals surface area contributed by atoms with Crippen molar-refractivity contribution < 1.29 is 13.9 Å². The van der Waals surface area contributed by atoms with Gasteiger partial charge < -0.3 is 9.64 Å². The predicted octanol–water partition coefficient (Wildman–Crippen LogP) is 2.26.